The van der Waals surface area contributed by atoms with Crippen molar-refractivity contribution >= 4 is 17.2 Å². The van der Waals surface area contributed by atoms with Gasteiger partial charge in [0.25, 0.3) is 5.91 Å². The molecular formula is C17H14FN3OS. The molecule has 0 saturated heterocycles. The van der Waals surface area contributed by atoms with Gasteiger partial charge in [0.1, 0.15) is 10.8 Å². The Kier molecular flexibility index (Phi) is 4.73. The molecule has 2 aromatic heterocycles. The lowest BCUT2D eigenvalue weighted by molar-refractivity contribution is 0.0953. The Morgan fingerprint density at radius 3 is 2.87 bits per heavy atom. The van der Waals surface area contributed by atoms with Crippen molar-refractivity contribution < 1.29 is 9.18 Å². The number of carbonyl (C=O) groups is 1. The average molecular weight is 327 g/mol. The summed E-state index contributed by atoms with van der Waals surface area (Å²) in [6.45, 7) is 0.466. The second kappa shape index (κ2) is 7.11. The van der Waals surface area contributed by atoms with Crippen LogP contribution in [0.4, 0.5) is 4.39 Å². The Labute approximate surface area is 137 Å². The van der Waals surface area contributed by atoms with Gasteiger partial charge in [-0.3, -0.25) is 9.78 Å². The fraction of sp³-hybridized carbons (Fsp3) is 0.118. The third-order valence-corrected chi connectivity index (χ3v) is 4.17. The molecule has 6 heteroatoms. The molecule has 0 unspecified atom stereocenters. The van der Waals surface area contributed by atoms with Crippen molar-refractivity contribution in [3.63, 3.8) is 0 Å². The van der Waals surface area contributed by atoms with Gasteiger partial charge in [-0.2, -0.15) is 0 Å². The van der Waals surface area contributed by atoms with E-state index in [1.807, 2.05) is 5.38 Å². The minimum absolute atomic E-state index is 0.164. The summed E-state index contributed by atoms with van der Waals surface area (Å²) in [6.07, 6.45) is 3.74. The average Bonchev–Trinajstić information content (AvgIpc) is 3.04. The highest BCUT2D eigenvalue weighted by molar-refractivity contribution is 7.13. The first kappa shape index (κ1) is 15.3. The molecule has 1 aromatic carbocycles. The number of hydrogen-bond donors (Lipinski definition) is 1. The molecule has 23 heavy (non-hydrogen) atoms. The minimum atomic E-state index is -0.279. The predicted molar refractivity (Wildman–Crippen MR) is 87.8 cm³/mol. The summed E-state index contributed by atoms with van der Waals surface area (Å²) in [5.41, 5.74) is 1.86. The number of benzene rings is 1. The van der Waals surface area contributed by atoms with Crippen LogP contribution in [0.3, 0.4) is 0 Å². The largest absolute Gasteiger partial charge is 0.352 e. The van der Waals surface area contributed by atoms with E-state index in [1.165, 1.54) is 23.6 Å². The smallest absolute Gasteiger partial charge is 0.252 e. The van der Waals surface area contributed by atoms with E-state index in [4.69, 9.17) is 0 Å². The van der Waals surface area contributed by atoms with Crippen LogP contribution in [0.15, 0.2) is 54.2 Å². The van der Waals surface area contributed by atoms with Crippen LogP contribution < -0.4 is 5.32 Å². The van der Waals surface area contributed by atoms with Crippen molar-refractivity contribution in [2.45, 2.75) is 6.42 Å². The Morgan fingerprint density at radius 1 is 1.22 bits per heavy atom. The van der Waals surface area contributed by atoms with E-state index in [0.717, 1.165) is 5.69 Å². The molecule has 0 fully saturated rings. The fourth-order valence-electron chi connectivity index (χ4n) is 2.08. The van der Waals surface area contributed by atoms with Gasteiger partial charge in [0.05, 0.1) is 11.3 Å². The first-order valence-electron chi connectivity index (χ1n) is 7.11. The Balaban J connectivity index is 1.58. The number of pyridine rings is 1. The monoisotopic (exact) mass is 327 g/mol. The van der Waals surface area contributed by atoms with Crippen LogP contribution in [0.5, 0.6) is 0 Å². The van der Waals surface area contributed by atoms with Crippen LogP contribution in [0.1, 0.15) is 16.1 Å². The van der Waals surface area contributed by atoms with Crippen molar-refractivity contribution in [3.8, 4) is 10.6 Å². The molecule has 0 atom stereocenters. The molecule has 0 saturated carbocycles. The number of nitrogens with zero attached hydrogens (tertiary/aromatic N) is 2. The number of carbonyl (C=O) groups excluding carboxylic acids is 1. The summed E-state index contributed by atoms with van der Waals surface area (Å²) in [6, 6.07) is 10.00. The van der Waals surface area contributed by atoms with E-state index in [-0.39, 0.29) is 11.7 Å². The number of amides is 1. The molecule has 0 spiro atoms. The second-order valence-electron chi connectivity index (χ2n) is 4.87. The van der Waals surface area contributed by atoms with Crippen molar-refractivity contribution in [1.29, 1.82) is 0 Å². The van der Waals surface area contributed by atoms with E-state index in [9.17, 15) is 9.18 Å². The lowest BCUT2D eigenvalue weighted by atomic mass is 10.2. The maximum Gasteiger partial charge on any atom is 0.252 e. The molecule has 4 nitrogen and oxygen atoms in total. The highest BCUT2D eigenvalue weighted by atomic mass is 32.1. The lowest BCUT2D eigenvalue weighted by Gasteiger charge is -2.03. The SMILES string of the molecule is O=C(NCCc1csc(-c2ccccc2F)n1)c1cccnc1. The molecule has 0 aliphatic heterocycles. The maximum atomic E-state index is 13.7. The highest BCUT2D eigenvalue weighted by Crippen LogP contribution is 2.26. The van der Waals surface area contributed by atoms with Gasteiger partial charge in [0.15, 0.2) is 0 Å². The van der Waals surface area contributed by atoms with E-state index in [1.54, 1.807) is 36.5 Å². The van der Waals surface area contributed by atoms with Gasteiger partial charge >= 0.3 is 0 Å². The third kappa shape index (κ3) is 3.78. The van der Waals surface area contributed by atoms with Crippen LogP contribution in [-0.2, 0) is 6.42 Å². The first-order chi connectivity index (χ1) is 11.2. The zero-order chi connectivity index (χ0) is 16.1. The summed E-state index contributed by atoms with van der Waals surface area (Å²) in [5.74, 6) is -0.444. The van der Waals surface area contributed by atoms with Gasteiger partial charge in [-0.1, -0.05) is 12.1 Å². The molecule has 0 bridgehead atoms. The summed E-state index contributed by atoms with van der Waals surface area (Å²) in [7, 11) is 0. The number of halogens is 1. The zero-order valence-electron chi connectivity index (χ0n) is 12.2. The Hall–Kier alpha value is -2.60. The number of thiazole rings is 1. The highest BCUT2D eigenvalue weighted by Gasteiger charge is 2.09. The third-order valence-electron chi connectivity index (χ3n) is 3.25. The van der Waals surface area contributed by atoms with E-state index >= 15 is 0 Å². The summed E-state index contributed by atoms with van der Waals surface area (Å²) in [5, 5.41) is 5.36. The molecule has 0 aliphatic carbocycles. The molecule has 3 aromatic rings. The van der Waals surface area contributed by atoms with Gasteiger partial charge in [-0.05, 0) is 24.3 Å². The van der Waals surface area contributed by atoms with Crippen LogP contribution in [-0.4, -0.2) is 22.4 Å². The first-order valence-corrected chi connectivity index (χ1v) is 7.99. The van der Waals surface area contributed by atoms with Crippen molar-refractivity contribution in [1.82, 2.24) is 15.3 Å². The fourth-order valence-corrected chi connectivity index (χ4v) is 2.96. The normalized spacial score (nSPS) is 10.5. The molecule has 2 heterocycles. The number of nitrogens with one attached hydrogen (secondary N) is 1. The summed E-state index contributed by atoms with van der Waals surface area (Å²) in [4.78, 5) is 20.2. The molecular weight excluding hydrogens is 313 g/mol. The Morgan fingerprint density at radius 2 is 2.09 bits per heavy atom. The number of hydrogen-bond acceptors (Lipinski definition) is 4. The number of aromatic nitrogens is 2. The van der Waals surface area contributed by atoms with Crippen molar-refractivity contribution in [2.75, 3.05) is 6.54 Å². The van der Waals surface area contributed by atoms with Crippen molar-refractivity contribution in [3.05, 3.63) is 71.2 Å². The van der Waals surface area contributed by atoms with Gasteiger partial charge < -0.3 is 5.32 Å². The minimum Gasteiger partial charge on any atom is -0.352 e. The zero-order valence-corrected chi connectivity index (χ0v) is 13.0. The van der Waals surface area contributed by atoms with Gasteiger partial charge in [0, 0.05) is 36.3 Å². The van der Waals surface area contributed by atoms with Gasteiger partial charge in [-0.25, -0.2) is 9.37 Å². The van der Waals surface area contributed by atoms with E-state index < -0.39 is 0 Å². The van der Waals surface area contributed by atoms with Crippen LogP contribution >= 0.6 is 11.3 Å². The van der Waals surface area contributed by atoms with Gasteiger partial charge in [-0.15, -0.1) is 11.3 Å². The Bertz CT molecular complexity index is 804. The van der Waals surface area contributed by atoms with Crippen LogP contribution in [0, 0.1) is 5.82 Å². The predicted octanol–water partition coefficient (Wildman–Crippen LogP) is 3.32. The van der Waals surface area contributed by atoms with Crippen LogP contribution in [0.2, 0.25) is 0 Å². The van der Waals surface area contributed by atoms with E-state index in [0.29, 0.717) is 29.1 Å². The standard InChI is InChI=1S/C17H14FN3OS/c18-15-6-2-1-5-14(15)17-21-13(11-23-17)7-9-20-16(22)12-4-3-8-19-10-12/h1-6,8,10-11H,7,9H2,(H,20,22). The lowest BCUT2D eigenvalue weighted by Crippen LogP contribution is -2.25. The quantitative estimate of drug-likeness (QED) is 0.782. The van der Waals surface area contributed by atoms with Crippen LogP contribution in [0.25, 0.3) is 10.6 Å². The molecule has 3 rings (SSSR count). The molecule has 0 aliphatic rings. The topological polar surface area (TPSA) is 54.9 Å². The molecule has 116 valence electrons. The molecule has 1 amide bonds. The molecule has 1 N–H and O–H groups in total. The summed E-state index contributed by atoms with van der Waals surface area (Å²) < 4.78 is 13.7. The van der Waals surface area contributed by atoms with Gasteiger partial charge in [0.2, 0.25) is 0 Å². The van der Waals surface area contributed by atoms with Crippen molar-refractivity contribution in [2.24, 2.45) is 0 Å². The second-order valence-corrected chi connectivity index (χ2v) is 5.73. The summed E-state index contributed by atoms with van der Waals surface area (Å²) >= 11 is 1.40. The molecule has 0 radical (unpaired) electrons. The number of rotatable bonds is 5. The van der Waals surface area contributed by atoms with E-state index in [2.05, 4.69) is 15.3 Å². The maximum absolute atomic E-state index is 13.7.